The Morgan fingerprint density at radius 3 is 2.60 bits per heavy atom. The summed E-state index contributed by atoms with van der Waals surface area (Å²) in [6.45, 7) is 2.76. The number of rotatable bonds is 4. The van der Waals surface area contributed by atoms with Gasteiger partial charge in [-0.05, 0) is 42.7 Å². The Hall–Kier alpha value is -3.02. The van der Waals surface area contributed by atoms with Gasteiger partial charge in [0.25, 0.3) is 0 Å². The summed E-state index contributed by atoms with van der Waals surface area (Å²) < 4.78 is 1.63. The highest BCUT2D eigenvalue weighted by Crippen LogP contribution is 2.20. The molecule has 0 unspecified atom stereocenters. The van der Waals surface area contributed by atoms with Crippen LogP contribution >= 0.6 is 0 Å². The minimum absolute atomic E-state index is 0.258. The van der Waals surface area contributed by atoms with Crippen molar-refractivity contribution in [3.05, 3.63) is 60.4 Å². The van der Waals surface area contributed by atoms with Gasteiger partial charge in [-0.2, -0.15) is 0 Å². The second-order valence-electron chi connectivity index (χ2n) is 6.26. The molecule has 2 N–H and O–H groups in total. The zero-order valence-corrected chi connectivity index (χ0v) is 14.0. The number of imidazole rings is 1. The van der Waals surface area contributed by atoms with Crippen LogP contribution in [0.25, 0.3) is 11.0 Å². The summed E-state index contributed by atoms with van der Waals surface area (Å²) in [6.07, 6.45) is 4.15. The van der Waals surface area contributed by atoms with Crippen LogP contribution < -0.4 is 15.6 Å². The largest absolute Gasteiger partial charge is 0.372 e. The van der Waals surface area contributed by atoms with E-state index >= 15 is 0 Å². The Bertz CT molecular complexity index is 865. The zero-order valence-electron chi connectivity index (χ0n) is 14.0. The number of benzene rings is 2. The fourth-order valence-electron chi connectivity index (χ4n) is 3.18. The van der Waals surface area contributed by atoms with Gasteiger partial charge in [0.05, 0.1) is 11.0 Å². The van der Waals surface area contributed by atoms with Crippen LogP contribution in [-0.2, 0) is 6.54 Å². The lowest BCUT2D eigenvalue weighted by molar-refractivity contribution is 0.249. The fraction of sp³-hybridized carbons (Fsp3) is 0.263. The molecule has 25 heavy (non-hydrogen) atoms. The lowest BCUT2D eigenvalue weighted by atomic mass is 10.2. The average Bonchev–Trinajstić information content (AvgIpc) is 3.31. The van der Waals surface area contributed by atoms with Crippen molar-refractivity contribution in [2.45, 2.75) is 19.4 Å². The van der Waals surface area contributed by atoms with Gasteiger partial charge in [-0.3, -0.25) is 0 Å². The maximum Gasteiger partial charge on any atom is 0.334 e. The van der Waals surface area contributed by atoms with Crippen LogP contribution in [0.1, 0.15) is 18.4 Å². The van der Waals surface area contributed by atoms with Gasteiger partial charge in [0.2, 0.25) is 0 Å². The smallest absolute Gasteiger partial charge is 0.334 e. The minimum atomic E-state index is -0.258. The number of anilines is 1. The summed E-state index contributed by atoms with van der Waals surface area (Å²) in [7, 11) is 0. The molecule has 128 valence electrons. The van der Waals surface area contributed by atoms with Crippen LogP contribution in [-0.4, -0.2) is 28.8 Å². The van der Waals surface area contributed by atoms with Crippen molar-refractivity contribution in [2.24, 2.45) is 0 Å². The van der Waals surface area contributed by atoms with Crippen molar-refractivity contribution in [1.82, 2.24) is 15.0 Å². The maximum atomic E-state index is 12.1. The first-order valence-electron chi connectivity index (χ1n) is 8.60. The lowest BCUT2D eigenvalue weighted by Crippen LogP contribution is -2.33. The second-order valence-corrected chi connectivity index (χ2v) is 6.26. The molecule has 2 amide bonds. The van der Waals surface area contributed by atoms with Gasteiger partial charge in [-0.1, -0.05) is 24.3 Å². The highest BCUT2D eigenvalue weighted by molar-refractivity contribution is 5.85. The topological polar surface area (TPSA) is 62.2 Å². The number of carbonyl (C=O) groups excluding carboxylic acids is 1. The van der Waals surface area contributed by atoms with Gasteiger partial charge < -0.3 is 10.2 Å². The number of amides is 2. The molecule has 0 spiro atoms. The Balaban J connectivity index is 1.34. The lowest BCUT2D eigenvalue weighted by Gasteiger charge is -2.17. The number of urea groups is 1. The molecule has 2 heterocycles. The van der Waals surface area contributed by atoms with E-state index in [1.54, 1.807) is 11.0 Å². The van der Waals surface area contributed by atoms with Gasteiger partial charge in [-0.25, -0.2) is 19.9 Å². The zero-order chi connectivity index (χ0) is 17.1. The molecule has 0 radical (unpaired) electrons. The first kappa shape index (κ1) is 15.5. The van der Waals surface area contributed by atoms with Crippen molar-refractivity contribution >= 4 is 22.8 Å². The van der Waals surface area contributed by atoms with Crippen molar-refractivity contribution in [3.8, 4) is 0 Å². The van der Waals surface area contributed by atoms with Crippen LogP contribution in [0.15, 0.2) is 54.9 Å². The third-order valence-electron chi connectivity index (χ3n) is 4.54. The molecule has 1 fully saturated rings. The number of hydrogen-bond donors (Lipinski definition) is 2. The van der Waals surface area contributed by atoms with E-state index < -0.39 is 0 Å². The molecule has 1 aromatic heterocycles. The van der Waals surface area contributed by atoms with Crippen LogP contribution in [0.4, 0.5) is 10.5 Å². The van der Waals surface area contributed by atoms with Gasteiger partial charge in [-0.15, -0.1) is 0 Å². The summed E-state index contributed by atoms with van der Waals surface area (Å²) in [5.41, 5.74) is 6.84. The highest BCUT2D eigenvalue weighted by Gasteiger charge is 2.12. The first-order valence-corrected chi connectivity index (χ1v) is 8.60. The van der Waals surface area contributed by atoms with Crippen molar-refractivity contribution < 1.29 is 4.79 Å². The van der Waals surface area contributed by atoms with E-state index in [-0.39, 0.29) is 6.03 Å². The van der Waals surface area contributed by atoms with Crippen molar-refractivity contribution in [2.75, 3.05) is 23.4 Å². The minimum Gasteiger partial charge on any atom is -0.372 e. The highest BCUT2D eigenvalue weighted by atomic mass is 16.2. The molecule has 6 nitrogen and oxygen atoms in total. The second kappa shape index (κ2) is 6.84. The normalized spacial score (nSPS) is 14.0. The SMILES string of the molecule is O=C(NCc1ccc(N2CCCC2)cc1)Nn1cnc2ccccc21. The molecule has 6 heteroatoms. The Morgan fingerprint density at radius 2 is 1.80 bits per heavy atom. The van der Waals surface area contributed by atoms with Gasteiger partial charge in [0.1, 0.15) is 6.33 Å². The maximum absolute atomic E-state index is 12.1. The first-order chi connectivity index (χ1) is 12.3. The van der Waals surface area contributed by atoms with E-state index in [1.165, 1.54) is 18.5 Å². The van der Waals surface area contributed by atoms with Gasteiger partial charge in [0, 0.05) is 25.3 Å². The van der Waals surface area contributed by atoms with E-state index in [1.807, 2.05) is 24.3 Å². The molecule has 2 aromatic carbocycles. The monoisotopic (exact) mass is 335 g/mol. The Labute approximate surface area is 146 Å². The molecular weight excluding hydrogens is 314 g/mol. The third kappa shape index (κ3) is 3.42. The van der Waals surface area contributed by atoms with E-state index in [2.05, 4.69) is 44.9 Å². The average molecular weight is 335 g/mol. The van der Waals surface area contributed by atoms with Crippen LogP contribution in [0.2, 0.25) is 0 Å². The molecule has 3 aromatic rings. The summed E-state index contributed by atoms with van der Waals surface area (Å²) in [6, 6.07) is 15.8. The predicted molar refractivity (Wildman–Crippen MR) is 99.2 cm³/mol. The van der Waals surface area contributed by atoms with E-state index in [0.717, 1.165) is 29.7 Å². The molecule has 0 aliphatic carbocycles. The van der Waals surface area contributed by atoms with Gasteiger partial charge in [0.15, 0.2) is 0 Å². The van der Waals surface area contributed by atoms with Gasteiger partial charge >= 0.3 is 6.03 Å². The number of nitrogens with one attached hydrogen (secondary N) is 2. The summed E-state index contributed by atoms with van der Waals surface area (Å²) in [5, 5.41) is 2.88. The van der Waals surface area contributed by atoms with Crippen molar-refractivity contribution in [1.29, 1.82) is 0 Å². The molecule has 0 saturated carbocycles. The standard InChI is InChI=1S/C19H21N5O/c25-19(22-24-14-21-17-5-1-2-6-18(17)24)20-13-15-7-9-16(10-8-15)23-11-3-4-12-23/h1-2,5-10,14H,3-4,11-13H2,(H2,20,22,25). The summed E-state index contributed by atoms with van der Waals surface area (Å²) in [5.74, 6) is 0. The number of hydrogen-bond acceptors (Lipinski definition) is 3. The number of carbonyl (C=O) groups is 1. The van der Waals surface area contributed by atoms with Crippen molar-refractivity contribution in [3.63, 3.8) is 0 Å². The Morgan fingerprint density at radius 1 is 1.04 bits per heavy atom. The quantitative estimate of drug-likeness (QED) is 0.770. The number of para-hydroxylation sites is 2. The molecular formula is C19H21N5O. The Kier molecular flexibility index (Phi) is 4.24. The molecule has 1 aliphatic rings. The van der Waals surface area contributed by atoms with Crippen LogP contribution in [0.5, 0.6) is 0 Å². The van der Waals surface area contributed by atoms with E-state index in [9.17, 15) is 4.79 Å². The third-order valence-corrected chi connectivity index (χ3v) is 4.54. The van der Waals surface area contributed by atoms with Crippen LogP contribution in [0, 0.1) is 0 Å². The molecule has 0 atom stereocenters. The molecule has 1 saturated heterocycles. The fourth-order valence-corrected chi connectivity index (χ4v) is 3.18. The number of nitrogens with zero attached hydrogens (tertiary/aromatic N) is 3. The number of aromatic nitrogens is 2. The summed E-state index contributed by atoms with van der Waals surface area (Å²) >= 11 is 0. The van der Waals surface area contributed by atoms with E-state index in [4.69, 9.17) is 0 Å². The molecule has 4 rings (SSSR count). The molecule has 0 bridgehead atoms. The van der Waals surface area contributed by atoms with E-state index in [0.29, 0.717) is 6.54 Å². The molecule has 1 aliphatic heterocycles. The summed E-state index contributed by atoms with van der Waals surface area (Å²) in [4.78, 5) is 18.8. The predicted octanol–water partition coefficient (Wildman–Crippen LogP) is 3.09. The number of fused-ring (bicyclic) bond motifs is 1. The van der Waals surface area contributed by atoms with Crippen LogP contribution in [0.3, 0.4) is 0 Å².